The van der Waals surface area contributed by atoms with Gasteiger partial charge in [0.15, 0.2) is 5.65 Å². The zero-order valence-electron chi connectivity index (χ0n) is 7.76. The largest absolute Gasteiger partial charge is 0.379 e. The summed E-state index contributed by atoms with van der Waals surface area (Å²) in [5.41, 5.74) is 0.912. The fraction of sp³-hybridized carbons (Fsp3) is 0.333. The molecule has 0 aliphatic carbocycles. The Kier molecular flexibility index (Phi) is 2.42. The van der Waals surface area contributed by atoms with Gasteiger partial charge >= 0.3 is 0 Å². The first-order chi connectivity index (χ1) is 7.33. The van der Waals surface area contributed by atoms with Gasteiger partial charge in [-0.2, -0.15) is 0 Å². The van der Waals surface area contributed by atoms with E-state index in [2.05, 4.69) is 25.9 Å². The Hall–Kier alpha value is -0.590. The predicted molar refractivity (Wildman–Crippen MR) is 61.2 cm³/mol. The molecule has 0 bridgehead atoms. The van der Waals surface area contributed by atoms with Crippen molar-refractivity contribution in [3.63, 3.8) is 0 Å². The molecule has 0 amide bonds. The monoisotopic (exact) mass is 285 g/mol. The molecule has 3 rings (SSSR count). The lowest BCUT2D eigenvalue weighted by molar-refractivity contribution is 0.0455. The molecule has 0 unspecified atom stereocenters. The number of aromatic nitrogens is 3. The number of fused-ring (bicyclic) bond motifs is 1. The summed E-state index contributed by atoms with van der Waals surface area (Å²) in [4.78, 5) is 8.73. The third kappa shape index (κ3) is 1.77. The molecule has 78 valence electrons. The average molecular weight is 286 g/mol. The molecule has 2 aromatic rings. The maximum atomic E-state index is 5.14. The Morgan fingerprint density at radius 1 is 1.53 bits per heavy atom. The maximum absolute atomic E-state index is 5.14. The van der Waals surface area contributed by atoms with Gasteiger partial charge in [-0.1, -0.05) is 11.8 Å². The topological polar surface area (TPSA) is 39.4 Å². The zero-order chi connectivity index (χ0) is 10.3. The summed E-state index contributed by atoms with van der Waals surface area (Å²) in [6.45, 7) is 1.62. The molecule has 4 nitrogen and oxygen atoms in total. The molecule has 0 saturated carbocycles. The SMILES string of the molecule is Brc1cn2ccnc2c(SC2COC2)n1. The summed E-state index contributed by atoms with van der Waals surface area (Å²) in [6, 6.07) is 0. The van der Waals surface area contributed by atoms with Gasteiger partial charge in [-0.25, -0.2) is 9.97 Å². The lowest BCUT2D eigenvalue weighted by atomic mass is 10.4. The highest BCUT2D eigenvalue weighted by atomic mass is 79.9. The second-order valence-electron chi connectivity index (χ2n) is 3.30. The minimum atomic E-state index is 0.521. The third-order valence-corrected chi connectivity index (χ3v) is 3.68. The summed E-state index contributed by atoms with van der Waals surface area (Å²) < 4.78 is 7.94. The number of imidazole rings is 1. The second-order valence-corrected chi connectivity index (χ2v) is 5.41. The Morgan fingerprint density at radius 2 is 2.40 bits per heavy atom. The fourth-order valence-corrected chi connectivity index (χ4v) is 2.97. The van der Waals surface area contributed by atoms with Crippen LogP contribution in [0.1, 0.15) is 0 Å². The van der Waals surface area contributed by atoms with Crippen molar-refractivity contribution in [3.8, 4) is 0 Å². The number of hydrogen-bond donors (Lipinski definition) is 0. The van der Waals surface area contributed by atoms with Crippen LogP contribution >= 0.6 is 27.7 Å². The van der Waals surface area contributed by atoms with E-state index in [-0.39, 0.29) is 0 Å². The van der Waals surface area contributed by atoms with E-state index in [0.717, 1.165) is 28.5 Å². The van der Waals surface area contributed by atoms with E-state index in [9.17, 15) is 0 Å². The van der Waals surface area contributed by atoms with E-state index in [1.54, 1.807) is 18.0 Å². The molecule has 0 spiro atoms. The normalized spacial score (nSPS) is 16.9. The van der Waals surface area contributed by atoms with Gasteiger partial charge in [-0.05, 0) is 15.9 Å². The Balaban J connectivity index is 2.02. The highest BCUT2D eigenvalue weighted by molar-refractivity contribution is 9.10. The van der Waals surface area contributed by atoms with Crippen LogP contribution in [0.5, 0.6) is 0 Å². The van der Waals surface area contributed by atoms with E-state index >= 15 is 0 Å². The quantitative estimate of drug-likeness (QED) is 0.846. The average Bonchev–Trinajstić information content (AvgIpc) is 2.58. The van der Waals surface area contributed by atoms with Crippen LogP contribution in [-0.4, -0.2) is 32.8 Å². The van der Waals surface area contributed by atoms with Gasteiger partial charge in [0.1, 0.15) is 9.63 Å². The Morgan fingerprint density at radius 3 is 3.13 bits per heavy atom. The van der Waals surface area contributed by atoms with Gasteiger partial charge in [0.05, 0.1) is 18.5 Å². The summed E-state index contributed by atoms with van der Waals surface area (Å²) >= 11 is 5.12. The van der Waals surface area contributed by atoms with Crippen LogP contribution in [0.2, 0.25) is 0 Å². The molecule has 0 atom stereocenters. The molecule has 2 aromatic heterocycles. The predicted octanol–water partition coefficient (Wildman–Crippen LogP) is 1.98. The molecule has 0 aromatic carbocycles. The smallest absolute Gasteiger partial charge is 0.169 e. The van der Waals surface area contributed by atoms with Gasteiger partial charge < -0.3 is 9.14 Å². The van der Waals surface area contributed by atoms with Crippen LogP contribution in [0, 0.1) is 0 Å². The molecule has 0 radical (unpaired) electrons. The summed E-state index contributed by atoms with van der Waals surface area (Å²) in [6.07, 6.45) is 5.61. The summed E-state index contributed by atoms with van der Waals surface area (Å²) in [5.74, 6) is 0. The van der Waals surface area contributed by atoms with Crippen LogP contribution in [0.4, 0.5) is 0 Å². The van der Waals surface area contributed by atoms with Crippen molar-refractivity contribution in [3.05, 3.63) is 23.2 Å². The van der Waals surface area contributed by atoms with Crippen molar-refractivity contribution in [1.29, 1.82) is 0 Å². The molecule has 1 aliphatic heterocycles. The van der Waals surface area contributed by atoms with Crippen molar-refractivity contribution < 1.29 is 4.74 Å². The van der Waals surface area contributed by atoms with Crippen molar-refractivity contribution in [2.45, 2.75) is 10.3 Å². The molecule has 3 heterocycles. The lowest BCUT2D eigenvalue weighted by Crippen LogP contribution is -2.30. The molecular formula is C9H8BrN3OS. The van der Waals surface area contributed by atoms with Crippen LogP contribution in [0.3, 0.4) is 0 Å². The highest BCUT2D eigenvalue weighted by Gasteiger charge is 2.22. The van der Waals surface area contributed by atoms with Gasteiger partial charge in [0.25, 0.3) is 0 Å². The van der Waals surface area contributed by atoms with E-state index in [0.29, 0.717) is 5.25 Å². The third-order valence-electron chi connectivity index (χ3n) is 2.20. The first-order valence-corrected chi connectivity index (χ1v) is 6.24. The first kappa shape index (κ1) is 9.62. The van der Waals surface area contributed by atoms with Gasteiger partial charge in [0, 0.05) is 18.6 Å². The molecule has 1 fully saturated rings. The summed E-state index contributed by atoms with van der Waals surface area (Å²) in [7, 11) is 0. The molecule has 15 heavy (non-hydrogen) atoms. The van der Waals surface area contributed by atoms with Gasteiger partial charge in [0.2, 0.25) is 0 Å². The highest BCUT2D eigenvalue weighted by Crippen LogP contribution is 2.29. The lowest BCUT2D eigenvalue weighted by Gasteiger charge is -2.24. The second kappa shape index (κ2) is 3.77. The van der Waals surface area contributed by atoms with E-state index in [1.807, 2.05) is 16.8 Å². The van der Waals surface area contributed by atoms with Crippen molar-refractivity contribution in [2.24, 2.45) is 0 Å². The first-order valence-electron chi connectivity index (χ1n) is 4.56. The van der Waals surface area contributed by atoms with Crippen molar-refractivity contribution in [2.75, 3.05) is 13.2 Å². The van der Waals surface area contributed by atoms with Crippen molar-refractivity contribution in [1.82, 2.24) is 14.4 Å². The standard InChI is InChI=1S/C9H8BrN3OS/c10-7-3-13-2-1-11-8(13)9(12-7)15-6-4-14-5-6/h1-3,6H,4-5H2. The number of hydrogen-bond acceptors (Lipinski definition) is 4. The number of thioether (sulfide) groups is 1. The number of rotatable bonds is 2. The number of ether oxygens (including phenoxy) is 1. The zero-order valence-corrected chi connectivity index (χ0v) is 10.2. The molecular weight excluding hydrogens is 278 g/mol. The van der Waals surface area contributed by atoms with Crippen LogP contribution in [0.15, 0.2) is 28.2 Å². The van der Waals surface area contributed by atoms with Gasteiger partial charge in [-0.3, -0.25) is 0 Å². The van der Waals surface area contributed by atoms with Crippen LogP contribution in [-0.2, 0) is 4.74 Å². The van der Waals surface area contributed by atoms with Crippen molar-refractivity contribution >= 4 is 33.3 Å². The number of halogens is 1. The molecule has 1 aliphatic rings. The van der Waals surface area contributed by atoms with E-state index in [4.69, 9.17) is 4.74 Å². The molecule has 0 N–H and O–H groups in total. The molecule has 6 heteroatoms. The van der Waals surface area contributed by atoms with E-state index in [1.165, 1.54) is 0 Å². The Bertz CT molecular complexity index is 497. The minimum Gasteiger partial charge on any atom is -0.379 e. The minimum absolute atomic E-state index is 0.521. The fourth-order valence-electron chi connectivity index (χ4n) is 1.39. The van der Waals surface area contributed by atoms with Crippen LogP contribution in [0.25, 0.3) is 5.65 Å². The Labute approximate surface area is 99.2 Å². The van der Waals surface area contributed by atoms with Crippen LogP contribution < -0.4 is 0 Å². The maximum Gasteiger partial charge on any atom is 0.169 e. The summed E-state index contributed by atoms with van der Waals surface area (Å²) in [5, 5.41) is 1.48. The van der Waals surface area contributed by atoms with E-state index < -0.39 is 0 Å². The number of nitrogens with zero attached hydrogens (tertiary/aromatic N) is 3. The molecule has 1 saturated heterocycles. The van der Waals surface area contributed by atoms with Gasteiger partial charge in [-0.15, -0.1) is 0 Å².